The molecule has 5 rings (SSSR count). The Balaban J connectivity index is 1.12. The molecule has 2 unspecified atom stereocenters. The maximum atomic E-state index is 14.9. The SMILES string of the molecule is O=C1NNCC(N2CC[C@H]2COCCC(=O)N2CCN3c4ncc(C(F)(F)F)cc4C(F)(F)C[C@H]3C2)C1C(F)(F)F. The minimum Gasteiger partial charge on any atom is -0.379 e. The summed E-state index contributed by atoms with van der Waals surface area (Å²) in [5.74, 6) is -7.47. The molecule has 4 aliphatic heterocycles. The lowest BCUT2D eigenvalue weighted by atomic mass is 9.89. The molecule has 0 radical (unpaired) electrons. The number of halogens is 8. The lowest BCUT2D eigenvalue weighted by Crippen LogP contribution is -2.69. The Morgan fingerprint density at radius 3 is 2.56 bits per heavy atom. The summed E-state index contributed by atoms with van der Waals surface area (Å²) >= 11 is 0. The number of ether oxygens (including phenoxy) is 1. The van der Waals surface area contributed by atoms with Gasteiger partial charge in [-0.25, -0.2) is 19.2 Å². The van der Waals surface area contributed by atoms with Gasteiger partial charge in [0.05, 0.1) is 36.8 Å². The van der Waals surface area contributed by atoms with Gasteiger partial charge in [0.1, 0.15) is 5.82 Å². The van der Waals surface area contributed by atoms with Crippen molar-refractivity contribution in [1.82, 2.24) is 25.6 Å². The minimum atomic E-state index is -4.81. The molecule has 2 N–H and O–H groups in total. The van der Waals surface area contributed by atoms with Gasteiger partial charge in [-0.05, 0) is 12.5 Å². The van der Waals surface area contributed by atoms with Crippen LogP contribution in [0.1, 0.15) is 30.4 Å². The van der Waals surface area contributed by atoms with Crippen LogP contribution >= 0.6 is 0 Å². The third-order valence-electron chi connectivity index (χ3n) is 8.12. The number of likely N-dealkylation sites (tertiary alicyclic amines) is 1. The second kappa shape index (κ2) is 10.8. The number of carbonyl (C=O) groups is 2. The van der Waals surface area contributed by atoms with Crippen molar-refractivity contribution in [1.29, 1.82) is 0 Å². The molecule has 17 heteroatoms. The van der Waals surface area contributed by atoms with E-state index in [1.165, 1.54) is 9.80 Å². The molecule has 1 aromatic rings. The molecule has 0 spiro atoms. The topological polar surface area (TPSA) is 90.0 Å². The van der Waals surface area contributed by atoms with Crippen LogP contribution in [-0.4, -0.2) is 96.8 Å². The van der Waals surface area contributed by atoms with Gasteiger partial charge in [0, 0.05) is 57.4 Å². The second-order valence-electron chi connectivity index (χ2n) is 10.7. The summed E-state index contributed by atoms with van der Waals surface area (Å²) in [6.45, 7) is 0.490. The summed E-state index contributed by atoms with van der Waals surface area (Å²) in [4.78, 5) is 32.8. The standard InChI is InChI=1S/C24H28F8N6O3/c25-22(26)8-15-11-36(4-5-38(15)20-16(22)7-13(9-33-20)23(27,28)29)18(39)2-6-41-12-14-1-3-37(14)17-10-34-35-21(40)19(17)24(30,31)32/h7,9,14-15,17,19,34H,1-6,8,10-12H2,(H,35,40)/t14-,15-,17?,19?/m0/s1. The van der Waals surface area contributed by atoms with Crippen LogP contribution in [-0.2, 0) is 26.4 Å². The van der Waals surface area contributed by atoms with Crippen LogP contribution in [0.25, 0.3) is 0 Å². The van der Waals surface area contributed by atoms with E-state index >= 15 is 0 Å². The largest absolute Gasteiger partial charge is 0.417 e. The molecule has 0 aliphatic carbocycles. The van der Waals surface area contributed by atoms with Gasteiger partial charge in [-0.1, -0.05) is 0 Å². The molecule has 0 aromatic carbocycles. The van der Waals surface area contributed by atoms with Crippen LogP contribution in [0.4, 0.5) is 40.9 Å². The monoisotopic (exact) mass is 600 g/mol. The number of nitrogens with one attached hydrogen (secondary N) is 2. The predicted octanol–water partition coefficient (Wildman–Crippen LogP) is 2.28. The van der Waals surface area contributed by atoms with Crippen molar-refractivity contribution in [2.45, 2.75) is 55.7 Å². The summed E-state index contributed by atoms with van der Waals surface area (Å²) < 4.78 is 115. The number of piperazine rings is 1. The third kappa shape index (κ3) is 5.93. The van der Waals surface area contributed by atoms with E-state index in [4.69, 9.17) is 4.74 Å². The minimum absolute atomic E-state index is 0.0407. The fraction of sp³-hybridized carbons (Fsp3) is 0.708. The highest BCUT2D eigenvalue weighted by Crippen LogP contribution is 2.46. The number of nitrogens with zero attached hydrogens (tertiary/aromatic N) is 4. The summed E-state index contributed by atoms with van der Waals surface area (Å²) in [5, 5.41) is 0. The summed E-state index contributed by atoms with van der Waals surface area (Å²) in [7, 11) is 0. The van der Waals surface area contributed by atoms with E-state index in [2.05, 4.69) is 10.4 Å². The van der Waals surface area contributed by atoms with Gasteiger partial charge in [-0.3, -0.25) is 19.9 Å². The zero-order chi connectivity index (χ0) is 29.7. The Labute approximate surface area is 229 Å². The molecule has 41 heavy (non-hydrogen) atoms. The smallest absolute Gasteiger partial charge is 0.379 e. The van der Waals surface area contributed by atoms with Crippen molar-refractivity contribution in [2.75, 3.05) is 50.8 Å². The molecule has 9 nitrogen and oxygen atoms in total. The first kappa shape index (κ1) is 29.7. The van der Waals surface area contributed by atoms with Crippen LogP contribution in [0.5, 0.6) is 0 Å². The number of amides is 2. The highest BCUT2D eigenvalue weighted by molar-refractivity contribution is 5.80. The third-order valence-corrected chi connectivity index (χ3v) is 8.12. The average Bonchev–Trinajstić information content (AvgIpc) is 2.85. The molecular weight excluding hydrogens is 572 g/mol. The van der Waals surface area contributed by atoms with Crippen LogP contribution in [0.2, 0.25) is 0 Å². The van der Waals surface area contributed by atoms with Crippen molar-refractivity contribution in [3.8, 4) is 0 Å². The second-order valence-corrected chi connectivity index (χ2v) is 10.7. The normalized spacial score (nSPS) is 28.4. The predicted molar refractivity (Wildman–Crippen MR) is 125 cm³/mol. The number of pyridine rings is 1. The van der Waals surface area contributed by atoms with E-state index in [-0.39, 0.29) is 63.6 Å². The number of carbonyl (C=O) groups excluding carboxylic acids is 2. The van der Waals surface area contributed by atoms with Gasteiger partial charge in [0.25, 0.3) is 5.92 Å². The zero-order valence-electron chi connectivity index (χ0n) is 21.6. The van der Waals surface area contributed by atoms with E-state index in [9.17, 15) is 44.7 Å². The first-order valence-electron chi connectivity index (χ1n) is 13.1. The number of hydrogen-bond acceptors (Lipinski definition) is 7. The Morgan fingerprint density at radius 1 is 1.15 bits per heavy atom. The zero-order valence-corrected chi connectivity index (χ0v) is 21.6. The van der Waals surface area contributed by atoms with Crippen LogP contribution in [0.3, 0.4) is 0 Å². The molecule has 5 heterocycles. The number of anilines is 1. The van der Waals surface area contributed by atoms with E-state index in [1.54, 1.807) is 4.90 Å². The molecule has 0 bridgehead atoms. The van der Waals surface area contributed by atoms with Crippen LogP contribution < -0.4 is 15.8 Å². The van der Waals surface area contributed by atoms with E-state index in [0.29, 0.717) is 25.2 Å². The quantitative estimate of drug-likeness (QED) is 0.383. The average molecular weight is 601 g/mol. The number of hydrogen-bond donors (Lipinski definition) is 2. The number of aromatic nitrogens is 1. The maximum Gasteiger partial charge on any atom is 0.417 e. The van der Waals surface area contributed by atoms with Crippen molar-refractivity contribution >= 4 is 17.6 Å². The Morgan fingerprint density at radius 2 is 1.90 bits per heavy atom. The van der Waals surface area contributed by atoms with Crippen LogP contribution in [0.15, 0.2) is 12.3 Å². The Kier molecular flexibility index (Phi) is 7.82. The molecule has 228 valence electrons. The van der Waals surface area contributed by atoms with Crippen molar-refractivity contribution in [3.05, 3.63) is 23.4 Å². The highest BCUT2D eigenvalue weighted by Gasteiger charge is 2.55. The van der Waals surface area contributed by atoms with Crippen molar-refractivity contribution < 1.29 is 49.4 Å². The number of alkyl halides is 8. The first-order chi connectivity index (χ1) is 19.2. The lowest BCUT2D eigenvalue weighted by molar-refractivity contribution is -0.208. The van der Waals surface area contributed by atoms with Gasteiger partial charge in [-0.15, -0.1) is 0 Å². The van der Waals surface area contributed by atoms with Crippen LogP contribution in [0, 0.1) is 5.92 Å². The molecule has 3 saturated heterocycles. The van der Waals surface area contributed by atoms with Gasteiger partial charge in [-0.2, -0.15) is 26.3 Å². The molecule has 4 atom stereocenters. The molecule has 3 fully saturated rings. The first-order valence-corrected chi connectivity index (χ1v) is 13.1. The molecule has 1 aromatic heterocycles. The Hall–Kier alpha value is -2.79. The molecule has 2 amide bonds. The number of rotatable bonds is 6. The van der Waals surface area contributed by atoms with Gasteiger partial charge in [0.2, 0.25) is 11.8 Å². The van der Waals surface area contributed by atoms with Gasteiger partial charge >= 0.3 is 12.4 Å². The summed E-state index contributed by atoms with van der Waals surface area (Å²) in [5.41, 5.74) is 2.46. The van der Waals surface area contributed by atoms with Crippen molar-refractivity contribution in [3.63, 3.8) is 0 Å². The van der Waals surface area contributed by atoms with Gasteiger partial charge < -0.3 is 14.5 Å². The van der Waals surface area contributed by atoms with Crippen molar-refractivity contribution in [2.24, 2.45) is 5.92 Å². The summed E-state index contributed by atoms with van der Waals surface area (Å²) in [6, 6.07) is -1.85. The van der Waals surface area contributed by atoms with E-state index in [0.717, 1.165) is 0 Å². The Bertz CT molecular complexity index is 1170. The number of hydrazine groups is 1. The fourth-order valence-electron chi connectivity index (χ4n) is 5.95. The lowest BCUT2D eigenvalue weighted by Gasteiger charge is -2.49. The maximum absolute atomic E-state index is 14.9. The molecule has 0 saturated carbocycles. The number of fused-ring (bicyclic) bond motifs is 3. The van der Waals surface area contributed by atoms with E-state index in [1.807, 2.05) is 5.43 Å². The highest BCUT2D eigenvalue weighted by atomic mass is 19.4. The fourth-order valence-corrected chi connectivity index (χ4v) is 5.95. The molecular formula is C24H28F8N6O3. The molecule has 4 aliphatic rings. The van der Waals surface area contributed by atoms with Gasteiger partial charge in [0.15, 0.2) is 5.92 Å². The summed E-state index contributed by atoms with van der Waals surface area (Å²) in [6.07, 6.45) is -9.28. The van der Waals surface area contributed by atoms with E-state index < -0.39 is 59.7 Å².